The Kier molecular flexibility index (Phi) is 5.65. The summed E-state index contributed by atoms with van der Waals surface area (Å²) in [7, 11) is 1.58. The summed E-state index contributed by atoms with van der Waals surface area (Å²) in [5.74, 6) is 1.74. The summed E-state index contributed by atoms with van der Waals surface area (Å²) in [6.45, 7) is 4.76. The molecule has 1 aliphatic heterocycles. The number of aliphatic imine (C=N–C) groups is 1. The molecule has 136 valence electrons. The van der Waals surface area contributed by atoms with Crippen molar-refractivity contribution in [1.29, 1.82) is 0 Å². The molecule has 0 saturated heterocycles. The van der Waals surface area contributed by atoms with Crippen molar-refractivity contribution in [3.05, 3.63) is 51.1 Å². The molecule has 0 fully saturated rings. The van der Waals surface area contributed by atoms with E-state index in [1.165, 1.54) is 6.26 Å². The molecule has 0 spiro atoms. The van der Waals surface area contributed by atoms with Crippen LogP contribution in [0.15, 0.2) is 45.6 Å². The van der Waals surface area contributed by atoms with Crippen LogP contribution >= 0.6 is 22.6 Å². The Balaban J connectivity index is 1.91. The number of halogens is 1. The third kappa shape index (κ3) is 4.09. The second kappa shape index (κ2) is 7.94. The van der Waals surface area contributed by atoms with Crippen LogP contribution in [0.1, 0.15) is 25.2 Å². The van der Waals surface area contributed by atoms with E-state index in [1.807, 2.05) is 6.07 Å². The van der Waals surface area contributed by atoms with Gasteiger partial charge in [0.05, 0.1) is 23.6 Å². The van der Waals surface area contributed by atoms with Gasteiger partial charge in [0.25, 0.3) is 5.90 Å². The summed E-state index contributed by atoms with van der Waals surface area (Å²) in [6, 6.07) is 7.09. The highest BCUT2D eigenvalue weighted by molar-refractivity contribution is 14.1. The van der Waals surface area contributed by atoms with Gasteiger partial charge >= 0.3 is 5.97 Å². The fourth-order valence-electron chi connectivity index (χ4n) is 2.29. The molecule has 1 aromatic heterocycles. The van der Waals surface area contributed by atoms with Crippen LogP contribution in [0.5, 0.6) is 11.5 Å². The van der Waals surface area contributed by atoms with E-state index in [1.54, 1.807) is 31.4 Å². The van der Waals surface area contributed by atoms with E-state index >= 15 is 0 Å². The van der Waals surface area contributed by atoms with E-state index < -0.39 is 5.97 Å². The van der Waals surface area contributed by atoms with Crippen molar-refractivity contribution >= 4 is 40.5 Å². The third-order valence-corrected chi connectivity index (χ3v) is 4.27. The zero-order valence-corrected chi connectivity index (χ0v) is 16.8. The molecule has 0 aliphatic carbocycles. The lowest BCUT2D eigenvalue weighted by atomic mass is 10.1. The number of carbonyl (C=O) groups is 1. The predicted molar refractivity (Wildman–Crippen MR) is 105 cm³/mol. The number of cyclic esters (lactones) is 1. The summed E-state index contributed by atoms with van der Waals surface area (Å²) >= 11 is 2.18. The molecule has 1 aromatic carbocycles. The zero-order valence-electron chi connectivity index (χ0n) is 14.6. The van der Waals surface area contributed by atoms with Crippen molar-refractivity contribution in [1.82, 2.24) is 0 Å². The normalized spacial score (nSPS) is 15.3. The van der Waals surface area contributed by atoms with Crippen molar-refractivity contribution in [2.75, 3.05) is 13.7 Å². The minimum absolute atomic E-state index is 0.157. The Labute approximate surface area is 165 Å². The third-order valence-electron chi connectivity index (χ3n) is 3.47. The number of nitrogens with zero attached hydrogens (tertiary/aromatic N) is 1. The first-order chi connectivity index (χ1) is 12.5. The van der Waals surface area contributed by atoms with Gasteiger partial charge in [-0.3, -0.25) is 0 Å². The van der Waals surface area contributed by atoms with Crippen LogP contribution in [0.2, 0.25) is 0 Å². The average molecular weight is 467 g/mol. The van der Waals surface area contributed by atoms with E-state index in [9.17, 15) is 4.79 Å². The largest absolute Gasteiger partial charge is 0.493 e. The molecule has 0 saturated carbocycles. The summed E-state index contributed by atoms with van der Waals surface area (Å²) < 4.78 is 22.5. The van der Waals surface area contributed by atoms with E-state index in [0.717, 1.165) is 9.13 Å². The number of methoxy groups -OCH3 is 1. The molecule has 0 unspecified atom stereocenters. The highest BCUT2D eigenvalue weighted by atomic mass is 127. The average Bonchev–Trinajstić information content (AvgIpc) is 3.23. The van der Waals surface area contributed by atoms with Gasteiger partial charge in [0.2, 0.25) is 0 Å². The molecule has 7 heteroatoms. The Hall–Kier alpha value is -2.29. The monoisotopic (exact) mass is 467 g/mol. The minimum atomic E-state index is -0.523. The van der Waals surface area contributed by atoms with Crippen LogP contribution in [0.4, 0.5) is 0 Å². The van der Waals surface area contributed by atoms with Crippen molar-refractivity contribution in [2.45, 2.75) is 13.8 Å². The Morgan fingerprint density at radius 3 is 2.81 bits per heavy atom. The summed E-state index contributed by atoms with van der Waals surface area (Å²) in [5, 5.41) is 0. The molecule has 0 atom stereocenters. The second-order valence-corrected chi connectivity index (χ2v) is 7.21. The van der Waals surface area contributed by atoms with Crippen LogP contribution in [0.25, 0.3) is 6.08 Å². The number of rotatable bonds is 6. The maximum atomic E-state index is 12.1. The molecule has 0 bridgehead atoms. The molecule has 0 N–H and O–H groups in total. The van der Waals surface area contributed by atoms with E-state index in [0.29, 0.717) is 29.8 Å². The van der Waals surface area contributed by atoms with Crippen molar-refractivity contribution in [3.8, 4) is 11.5 Å². The van der Waals surface area contributed by atoms with Crippen LogP contribution in [-0.2, 0) is 9.53 Å². The number of hydrogen-bond acceptors (Lipinski definition) is 6. The fourth-order valence-corrected chi connectivity index (χ4v) is 3.07. The number of benzene rings is 1. The van der Waals surface area contributed by atoms with Crippen molar-refractivity contribution < 1.29 is 23.4 Å². The van der Waals surface area contributed by atoms with E-state index in [2.05, 4.69) is 41.4 Å². The Morgan fingerprint density at radius 1 is 1.35 bits per heavy atom. The van der Waals surface area contributed by atoms with Crippen LogP contribution < -0.4 is 9.47 Å². The van der Waals surface area contributed by atoms with E-state index in [4.69, 9.17) is 18.6 Å². The van der Waals surface area contributed by atoms with Crippen molar-refractivity contribution in [3.63, 3.8) is 0 Å². The number of esters is 1. The maximum Gasteiger partial charge on any atom is 0.363 e. The van der Waals surface area contributed by atoms with Crippen LogP contribution in [-0.4, -0.2) is 25.6 Å². The number of carbonyl (C=O) groups excluding carboxylic acids is 1. The number of furan rings is 1. The quantitative estimate of drug-likeness (QED) is 0.361. The lowest BCUT2D eigenvalue weighted by Gasteiger charge is -2.15. The first kappa shape index (κ1) is 18.5. The number of hydrogen-bond donors (Lipinski definition) is 0. The van der Waals surface area contributed by atoms with Gasteiger partial charge in [-0.25, -0.2) is 9.79 Å². The summed E-state index contributed by atoms with van der Waals surface area (Å²) in [4.78, 5) is 16.3. The van der Waals surface area contributed by atoms with Gasteiger partial charge in [0, 0.05) is 0 Å². The Morgan fingerprint density at radius 2 is 2.15 bits per heavy atom. The maximum absolute atomic E-state index is 12.1. The topological polar surface area (TPSA) is 70.3 Å². The molecule has 26 heavy (non-hydrogen) atoms. The van der Waals surface area contributed by atoms with Gasteiger partial charge in [-0.15, -0.1) is 0 Å². The fraction of sp³-hybridized carbons (Fsp3) is 0.263. The predicted octanol–water partition coefficient (Wildman–Crippen LogP) is 4.27. The van der Waals surface area contributed by atoms with Gasteiger partial charge < -0.3 is 18.6 Å². The van der Waals surface area contributed by atoms with Crippen LogP contribution in [0, 0.1) is 9.49 Å². The molecular formula is C19H18INO5. The molecule has 2 heterocycles. The first-order valence-corrected chi connectivity index (χ1v) is 9.12. The highest BCUT2D eigenvalue weighted by Gasteiger charge is 2.26. The lowest BCUT2D eigenvalue weighted by molar-refractivity contribution is -0.130. The molecule has 3 rings (SSSR count). The standard InChI is InChI=1S/C19H18INO5/c1-11(2)10-25-17-13(20)7-12(9-16(17)23-3)8-14-19(22)26-18(21-14)15-5-4-6-24-15/h4-9,11H,10H2,1-3H3/b14-8-. The molecule has 1 aliphatic rings. The molecule has 0 amide bonds. The van der Waals surface area contributed by atoms with Gasteiger partial charge in [-0.05, 0) is 64.4 Å². The van der Waals surface area contributed by atoms with Gasteiger partial charge in [-0.1, -0.05) is 13.8 Å². The second-order valence-electron chi connectivity index (χ2n) is 6.05. The molecule has 0 radical (unpaired) electrons. The van der Waals surface area contributed by atoms with Gasteiger partial charge in [0.15, 0.2) is 23.0 Å². The van der Waals surface area contributed by atoms with E-state index in [-0.39, 0.29) is 11.6 Å². The molecule has 6 nitrogen and oxygen atoms in total. The zero-order chi connectivity index (χ0) is 18.7. The van der Waals surface area contributed by atoms with Gasteiger partial charge in [-0.2, -0.15) is 0 Å². The van der Waals surface area contributed by atoms with Crippen molar-refractivity contribution in [2.24, 2.45) is 10.9 Å². The summed E-state index contributed by atoms with van der Waals surface area (Å²) in [6.07, 6.45) is 3.14. The highest BCUT2D eigenvalue weighted by Crippen LogP contribution is 2.35. The lowest BCUT2D eigenvalue weighted by Crippen LogP contribution is -2.07. The Bertz CT molecular complexity index is 868. The number of ether oxygens (including phenoxy) is 3. The SMILES string of the molecule is COc1cc(/C=C2\N=C(c3ccco3)OC2=O)cc(I)c1OCC(C)C. The molecular weight excluding hydrogens is 449 g/mol. The van der Waals surface area contributed by atoms with Gasteiger partial charge in [0.1, 0.15) is 0 Å². The first-order valence-electron chi connectivity index (χ1n) is 8.04. The summed E-state index contributed by atoms with van der Waals surface area (Å²) in [5.41, 5.74) is 0.963. The van der Waals surface area contributed by atoms with Crippen LogP contribution in [0.3, 0.4) is 0 Å². The minimum Gasteiger partial charge on any atom is -0.493 e. The smallest absolute Gasteiger partial charge is 0.363 e. The molecule has 2 aromatic rings.